The van der Waals surface area contributed by atoms with Gasteiger partial charge in [0.15, 0.2) is 0 Å². The van der Waals surface area contributed by atoms with Crippen molar-refractivity contribution >= 4 is 28.9 Å². The topological polar surface area (TPSA) is 55.1 Å². The van der Waals surface area contributed by atoms with Gasteiger partial charge in [-0.05, 0) is 30.3 Å². The maximum Gasteiger partial charge on any atom is 0.258 e. The fraction of sp³-hybridized carbons (Fsp3) is 0. The van der Waals surface area contributed by atoms with Crippen LogP contribution in [0.15, 0.2) is 30.3 Å². The van der Waals surface area contributed by atoms with Gasteiger partial charge in [0.25, 0.3) is 5.91 Å². The van der Waals surface area contributed by atoms with Crippen LogP contribution in [0.3, 0.4) is 0 Å². The summed E-state index contributed by atoms with van der Waals surface area (Å²) in [6.45, 7) is 0. The Balaban J connectivity index is 2.33. The zero-order valence-electron chi connectivity index (χ0n) is 9.88. The molecule has 0 saturated heterocycles. The lowest BCUT2D eigenvalue weighted by Gasteiger charge is -2.08. The zero-order valence-corrected chi connectivity index (χ0v) is 10.6. The summed E-state index contributed by atoms with van der Waals surface area (Å²) in [6, 6.07) is 4.81. The van der Waals surface area contributed by atoms with Crippen LogP contribution in [0.2, 0.25) is 5.02 Å². The third-order valence-corrected chi connectivity index (χ3v) is 2.78. The maximum atomic E-state index is 13.5. The summed E-state index contributed by atoms with van der Waals surface area (Å²) in [7, 11) is 0. The molecule has 0 fully saturated rings. The molecule has 2 rings (SSSR count). The summed E-state index contributed by atoms with van der Waals surface area (Å²) < 4.78 is 40.2. The lowest BCUT2D eigenvalue weighted by Crippen LogP contribution is -2.15. The molecule has 0 atom stereocenters. The summed E-state index contributed by atoms with van der Waals surface area (Å²) in [5, 5.41) is 1.66. The molecule has 0 spiro atoms. The second kappa shape index (κ2) is 5.42. The van der Waals surface area contributed by atoms with Crippen LogP contribution in [0.1, 0.15) is 10.4 Å². The third kappa shape index (κ3) is 2.85. The first-order valence-corrected chi connectivity index (χ1v) is 5.77. The number of hydrogen-bond donors (Lipinski definition) is 2. The molecule has 0 bridgehead atoms. The van der Waals surface area contributed by atoms with Gasteiger partial charge in [-0.3, -0.25) is 4.79 Å². The van der Waals surface area contributed by atoms with Crippen molar-refractivity contribution in [3.05, 3.63) is 58.4 Å². The van der Waals surface area contributed by atoms with E-state index < -0.39 is 33.9 Å². The predicted octanol–water partition coefficient (Wildman–Crippen LogP) is 3.59. The van der Waals surface area contributed by atoms with E-state index in [-0.39, 0.29) is 11.4 Å². The van der Waals surface area contributed by atoms with Gasteiger partial charge in [-0.1, -0.05) is 11.6 Å². The van der Waals surface area contributed by atoms with Crippen molar-refractivity contribution < 1.29 is 18.0 Å². The predicted molar refractivity (Wildman–Crippen MR) is 70.1 cm³/mol. The molecular formula is C13H8ClF3N2O. The second-order valence-electron chi connectivity index (χ2n) is 3.94. The third-order valence-electron chi connectivity index (χ3n) is 2.49. The molecule has 20 heavy (non-hydrogen) atoms. The van der Waals surface area contributed by atoms with Gasteiger partial charge in [0, 0.05) is 5.69 Å². The molecule has 2 aromatic carbocycles. The molecule has 0 radical (unpaired) electrons. The molecule has 0 aliphatic heterocycles. The summed E-state index contributed by atoms with van der Waals surface area (Å²) in [5.41, 5.74) is 4.84. The number of amides is 1. The first-order valence-electron chi connectivity index (χ1n) is 5.39. The van der Waals surface area contributed by atoms with Crippen molar-refractivity contribution in [2.24, 2.45) is 0 Å². The van der Waals surface area contributed by atoms with Crippen molar-refractivity contribution in [3.8, 4) is 0 Å². The Morgan fingerprint density at radius 2 is 1.75 bits per heavy atom. The molecule has 104 valence electrons. The molecule has 0 aliphatic carbocycles. The van der Waals surface area contributed by atoms with Gasteiger partial charge in [-0.25, -0.2) is 13.2 Å². The van der Waals surface area contributed by atoms with E-state index in [1.165, 1.54) is 6.07 Å². The summed E-state index contributed by atoms with van der Waals surface area (Å²) in [6.07, 6.45) is 0. The summed E-state index contributed by atoms with van der Waals surface area (Å²) >= 11 is 5.37. The normalized spacial score (nSPS) is 10.4. The molecule has 0 saturated carbocycles. The first kappa shape index (κ1) is 14.2. The van der Waals surface area contributed by atoms with Crippen LogP contribution >= 0.6 is 11.6 Å². The minimum Gasteiger partial charge on any atom is -0.399 e. The zero-order chi connectivity index (χ0) is 14.9. The Kier molecular flexibility index (Phi) is 3.85. The van der Waals surface area contributed by atoms with E-state index in [1.54, 1.807) is 0 Å². The molecule has 7 heteroatoms. The van der Waals surface area contributed by atoms with E-state index in [4.69, 9.17) is 17.3 Å². The lowest BCUT2D eigenvalue weighted by molar-refractivity contribution is 0.102. The quantitative estimate of drug-likeness (QED) is 0.658. The fourth-order valence-corrected chi connectivity index (χ4v) is 1.68. The highest BCUT2D eigenvalue weighted by Crippen LogP contribution is 2.22. The maximum absolute atomic E-state index is 13.5. The van der Waals surface area contributed by atoms with Crippen LogP contribution in [-0.4, -0.2) is 5.91 Å². The van der Waals surface area contributed by atoms with Gasteiger partial charge in [0.2, 0.25) is 0 Å². The molecule has 0 unspecified atom stereocenters. The summed E-state index contributed by atoms with van der Waals surface area (Å²) in [5.74, 6) is -3.73. The van der Waals surface area contributed by atoms with Crippen molar-refractivity contribution in [2.75, 3.05) is 11.1 Å². The molecule has 3 N–H and O–H groups in total. The average Bonchev–Trinajstić information content (AvgIpc) is 2.38. The Morgan fingerprint density at radius 1 is 1.05 bits per heavy atom. The van der Waals surface area contributed by atoms with Crippen LogP contribution < -0.4 is 11.1 Å². The number of carbonyl (C=O) groups is 1. The van der Waals surface area contributed by atoms with E-state index in [0.29, 0.717) is 12.1 Å². The van der Waals surface area contributed by atoms with Gasteiger partial charge in [-0.2, -0.15) is 0 Å². The van der Waals surface area contributed by atoms with Crippen molar-refractivity contribution in [3.63, 3.8) is 0 Å². The van der Waals surface area contributed by atoms with E-state index >= 15 is 0 Å². The van der Waals surface area contributed by atoms with Crippen LogP contribution in [-0.2, 0) is 0 Å². The number of carbonyl (C=O) groups excluding carboxylic acids is 1. The van der Waals surface area contributed by atoms with E-state index in [9.17, 15) is 18.0 Å². The highest BCUT2D eigenvalue weighted by molar-refractivity contribution is 6.30. The summed E-state index contributed by atoms with van der Waals surface area (Å²) in [4.78, 5) is 11.8. The van der Waals surface area contributed by atoms with Gasteiger partial charge in [-0.15, -0.1) is 0 Å². The largest absolute Gasteiger partial charge is 0.399 e. The SMILES string of the molecule is Nc1ccc(F)c(NC(=O)c2cc(F)c(Cl)cc2F)c1. The minimum atomic E-state index is -1.02. The average molecular weight is 301 g/mol. The fourth-order valence-electron chi connectivity index (χ4n) is 1.52. The molecule has 0 aromatic heterocycles. The number of nitrogen functional groups attached to an aromatic ring is 1. The molecule has 0 heterocycles. The minimum absolute atomic E-state index is 0.212. The van der Waals surface area contributed by atoms with Crippen molar-refractivity contribution in [1.29, 1.82) is 0 Å². The van der Waals surface area contributed by atoms with Gasteiger partial charge in [0.05, 0.1) is 16.3 Å². The van der Waals surface area contributed by atoms with Gasteiger partial charge >= 0.3 is 0 Å². The number of halogens is 4. The molecule has 0 aliphatic rings. The molecular weight excluding hydrogens is 293 g/mol. The number of hydrogen-bond acceptors (Lipinski definition) is 2. The lowest BCUT2D eigenvalue weighted by atomic mass is 10.2. The van der Waals surface area contributed by atoms with Gasteiger partial charge in [0.1, 0.15) is 17.5 Å². The molecule has 3 nitrogen and oxygen atoms in total. The Hall–Kier alpha value is -2.21. The Bertz CT molecular complexity index is 692. The molecule has 1 amide bonds. The highest BCUT2D eigenvalue weighted by atomic mass is 35.5. The Morgan fingerprint density at radius 3 is 2.45 bits per heavy atom. The van der Waals surface area contributed by atoms with Crippen molar-refractivity contribution in [1.82, 2.24) is 0 Å². The van der Waals surface area contributed by atoms with Crippen LogP contribution in [0.25, 0.3) is 0 Å². The monoisotopic (exact) mass is 300 g/mol. The van der Waals surface area contributed by atoms with Crippen LogP contribution in [0.5, 0.6) is 0 Å². The number of nitrogens with one attached hydrogen (secondary N) is 1. The van der Waals surface area contributed by atoms with Gasteiger partial charge < -0.3 is 11.1 Å². The van der Waals surface area contributed by atoms with Crippen LogP contribution in [0.4, 0.5) is 24.5 Å². The smallest absolute Gasteiger partial charge is 0.258 e. The number of benzene rings is 2. The first-order chi connectivity index (χ1) is 9.38. The number of rotatable bonds is 2. The Labute approximate surface area is 117 Å². The van der Waals surface area contributed by atoms with E-state index in [2.05, 4.69) is 5.32 Å². The van der Waals surface area contributed by atoms with E-state index in [1.807, 2.05) is 0 Å². The standard InChI is InChI=1S/C13H8ClF3N2O/c14-8-5-10(16)7(4-11(8)17)13(20)19-12-3-6(18)1-2-9(12)15/h1-5H,18H2,(H,19,20). The van der Waals surface area contributed by atoms with E-state index in [0.717, 1.165) is 12.1 Å². The number of nitrogens with two attached hydrogens (primary N) is 1. The second-order valence-corrected chi connectivity index (χ2v) is 4.35. The molecule has 2 aromatic rings. The highest BCUT2D eigenvalue weighted by Gasteiger charge is 2.17. The number of anilines is 2. The van der Waals surface area contributed by atoms with Crippen LogP contribution in [0, 0.1) is 17.5 Å². The van der Waals surface area contributed by atoms with Crippen molar-refractivity contribution in [2.45, 2.75) is 0 Å².